The van der Waals surface area contributed by atoms with Gasteiger partial charge in [-0.15, -0.1) is 0 Å². The molecule has 2 aromatic rings. The number of alkyl carbamates (subject to hydrolysis) is 1. The highest BCUT2D eigenvalue weighted by molar-refractivity contribution is 7.91. The van der Waals surface area contributed by atoms with E-state index in [0.29, 0.717) is 44.7 Å². The van der Waals surface area contributed by atoms with E-state index in [2.05, 4.69) is 10.0 Å². The van der Waals surface area contributed by atoms with Crippen LogP contribution in [0.2, 0.25) is 0 Å². The van der Waals surface area contributed by atoms with Gasteiger partial charge in [-0.25, -0.2) is 13.2 Å². The van der Waals surface area contributed by atoms with E-state index in [1.807, 2.05) is 56.5 Å². The van der Waals surface area contributed by atoms with Crippen LogP contribution < -0.4 is 14.8 Å². The number of benzene rings is 1. The fourth-order valence-corrected chi connectivity index (χ4v) is 10.0. The number of amides is 3. The van der Waals surface area contributed by atoms with Gasteiger partial charge in [0.25, 0.3) is 6.01 Å². The van der Waals surface area contributed by atoms with Gasteiger partial charge in [-0.2, -0.15) is 4.98 Å². The van der Waals surface area contributed by atoms with Gasteiger partial charge in [0.1, 0.15) is 17.7 Å². The summed E-state index contributed by atoms with van der Waals surface area (Å²) >= 11 is 0. The molecule has 5 atom stereocenters. The number of ether oxygens (including phenoxy) is 2. The van der Waals surface area contributed by atoms with Crippen LogP contribution in [0.5, 0.6) is 6.01 Å². The molecule has 292 valence electrons. The molecule has 2 N–H and O–H groups in total. The van der Waals surface area contributed by atoms with Crippen molar-refractivity contribution in [2.75, 3.05) is 6.54 Å². The minimum Gasteiger partial charge on any atom is -0.459 e. The second-order valence-electron chi connectivity index (χ2n) is 17.9. The Labute approximate surface area is 313 Å². The molecule has 3 amide bonds. The van der Waals surface area contributed by atoms with Crippen LogP contribution in [-0.4, -0.2) is 81.6 Å². The van der Waals surface area contributed by atoms with Crippen LogP contribution in [0.4, 0.5) is 4.79 Å². The first-order valence-electron chi connectivity index (χ1n) is 19.3. The zero-order valence-electron chi connectivity index (χ0n) is 32.3. The Morgan fingerprint density at radius 3 is 2.40 bits per heavy atom. The minimum atomic E-state index is -3.97. The zero-order chi connectivity index (χ0) is 38.6. The highest BCUT2D eigenvalue weighted by Crippen LogP contribution is 2.58. The average Bonchev–Trinajstić information content (AvgIpc) is 3.93. The summed E-state index contributed by atoms with van der Waals surface area (Å²) in [6.45, 7) is 13.3. The summed E-state index contributed by atoms with van der Waals surface area (Å²) in [6, 6.07) is 6.14. The Bertz CT molecular complexity index is 1860. The molecule has 1 aromatic carbocycles. The number of hydrogen-bond donors (Lipinski definition) is 2. The molecule has 3 fully saturated rings. The van der Waals surface area contributed by atoms with E-state index in [0.717, 1.165) is 36.7 Å². The number of Topliss-reactive ketones (excluding diaryl/α,β-unsaturated/α-hetero) is 1. The second-order valence-corrected chi connectivity index (χ2v) is 19.9. The summed E-state index contributed by atoms with van der Waals surface area (Å²) in [6.07, 6.45) is 4.32. The zero-order valence-corrected chi connectivity index (χ0v) is 33.1. The van der Waals surface area contributed by atoms with Crippen LogP contribution in [0.15, 0.2) is 24.3 Å². The predicted octanol–water partition coefficient (Wildman–Crippen LogP) is 5.64. The number of imidazole rings is 1. The first kappa shape index (κ1) is 39.0. The maximum atomic E-state index is 14.6. The monoisotopic (exact) mass is 755 g/mol. The molecule has 13 nitrogen and oxygen atoms in total. The number of fused-ring (bicyclic) bond motifs is 5. The van der Waals surface area contributed by atoms with Crippen molar-refractivity contribution in [3.8, 4) is 6.01 Å². The highest BCUT2D eigenvalue weighted by atomic mass is 32.2. The molecule has 53 heavy (non-hydrogen) atoms. The summed E-state index contributed by atoms with van der Waals surface area (Å²) in [5.41, 5.74) is -1.07. The van der Waals surface area contributed by atoms with Crippen molar-refractivity contribution in [2.24, 2.45) is 16.7 Å². The Kier molecular flexibility index (Phi) is 10.4. The van der Waals surface area contributed by atoms with Crippen LogP contribution in [0.3, 0.4) is 0 Å². The van der Waals surface area contributed by atoms with E-state index in [4.69, 9.17) is 14.5 Å². The van der Waals surface area contributed by atoms with Crippen LogP contribution in [0, 0.1) is 16.7 Å². The van der Waals surface area contributed by atoms with Gasteiger partial charge in [0.2, 0.25) is 21.8 Å². The number of rotatable bonds is 3. The van der Waals surface area contributed by atoms with Crippen LogP contribution in [0.25, 0.3) is 11.0 Å². The number of nitrogens with one attached hydrogen (secondary N) is 2. The van der Waals surface area contributed by atoms with Gasteiger partial charge in [0.15, 0.2) is 5.78 Å². The summed E-state index contributed by atoms with van der Waals surface area (Å²) in [5.74, 6) is -1.61. The normalized spacial score (nSPS) is 28.2. The summed E-state index contributed by atoms with van der Waals surface area (Å²) in [7, 11) is -3.97. The highest BCUT2D eigenvalue weighted by Gasteiger charge is 2.63. The third-order valence-electron chi connectivity index (χ3n) is 11.6. The van der Waals surface area contributed by atoms with Gasteiger partial charge in [-0.1, -0.05) is 65.5 Å². The average molecular weight is 756 g/mol. The molecule has 14 heteroatoms. The van der Waals surface area contributed by atoms with E-state index in [1.54, 1.807) is 20.8 Å². The van der Waals surface area contributed by atoms with E-state index in [9.17, 15) is 27.6 Å². The van der Waals surface area contributed by atoms with Gasteiger partial charge < -0.3 is 19.7 Å². The van der Waals surface area contributed by atoms with Gasteiger partial charge in [-0.05, 0) is 76.3 Å². The lowest BCUT2D eigenvalue weighted by Crippen LogP contribution is -2.57. The Morgan fingerprint density at radius 1 is 1.06 bits per heavy atom. The molecule has 2 aliphatic carbocycles. The first-order chi connectivity index (χ1) is 24.8. The quantitative estimate of drug-likeness (QED) is 0.403. The molecule has 1 aromatic heterocycles. The fraction of sp³-hybridized carbons (Fsp3) is 0.718. The number of aryl methyl sites for hydroxylation is 1. The molecule has 0 radical (unpaired) electrons. The van der Waals surface area contributed by atoms with Gasteiger partial charge in [0, 0.05) is 19.4 Å². The van der Waals surface area contributed by atoms with E-state index >= 15 is 0 Å². The van der Waals surface area contributed by atoms with Crippen molar-refractivity contribution in [3.05, 3.63) is 24.3 Å². The van der Waals surface area contributed by atoms with E-state index in [1.165, 1.54) is 4.90 Å². The SMILES string of the molecule is CC[C@@H]1C[C@@]12CC(=O)[C@@H]1CC(CN1C(=O)[C@@H](NC(=O)OC(C)(C)C)C(C)(C)C)Oc1nc3ccccc3n1CCCCCCC1(CC1)S(=O)(=O)NC2=O. The smallest absolute Gasteiger partial charge is 0.408 e. The number of carbonyl (C=O) groups excluding carboxylic acids is 4. The lowest BCUT2D eigenvalue weighted by atomic mass is 9.85. The van der Waals surface area contributed by atoms with Crippen LogP contribution in [-0.2, 0) is 35.7 Å². The number of carbonyl (C=O) groups is 4. The van der Waals surface area contributed by atoms with Crippen molar-refractivity contribution in [1.29, 1.82) is 0 Å². The van der Waals surface area contributed by atoms with Crippen LogP contribution in [0.1, 0.15) is 119 Å². The van der Waals surface area contributed by atoms with Crippen LogP contribution >= 0.6 is 0 Å². The lowest BCUT2D eigenvalue weighted by Gasteiger charge is -2.36. The number of ketones is 1. The van der Waals surface area contributed by atoms with Gasteiger partial charge >= 0.3 is 6.09 Å². The van der Waals surface area contributed by atoms with Gasteiger partial charge in [-0.3, -0.25) is 23.7 Å². The minimum absolute atomic E-state index is 0.0499. The Hall–Kier alpha value is -3.68. The number of sulfonamides is 1. The fourth-order valence-electron chi connectivity index (χ4n) is 8.29. The summed E-state index contributed by atoms with van der Waals surface area (Å²) in [4.78, 5) is 62.4. The topological polar surface area (TPSA) is 166 Å². The number of likely N-dealkylation sites (tertiary alicyclic amines) is 1. The van der Waals surface area contributed by atoms with Gasteiger partial charge in [0.05, 0.1) is 33.8 Å². The van der Waals surface area contributed by atoms with E-state index < -0.39 is 67.3 Å². The Morgan fingerprint density at radius 2 is 1.75 bits per heavy atom. The molecule has 2 aliphatic heterocycles. The molecular weight excluding hydrogens is 699 g/mol. The predicted molar refractivity (Wildman–Crippen MR) is 199 cm³/mol. The van der Waals surface area contributed by atoms with Crippen molar-refractivity contribution < 1.29 is 37.1 Å². The molecule has 3 heterocycles. The number of nitrogens with zero attached hydrogens (tertiary/aromatic N) is 3. The third-order valence-corrected chi connectivity index (χ3v) is 13.8. The molecule has 1 unspecified atom stereocenters. The van der Waals surface area contributed by atoms with E-state index in [-0.39, 0.29) is 31.1 Å². The van der Waals surface area contributed by atoms with Crippen molar-refractivity contribution in [1.82, 2.24) is 24.5 Å². The maximum Gasteiger partial charge on any atom is 0.408 e. The molecule has 2 spiro atoms. The second kappa shape index (κ2) is 14.2. The largest absolute Gasteiger partial charge is 0.459 e. The molecule has 6 rings (SSSR count). The standard InChI is InChI=1S/C39H57N5O8S/c1-8-25-22-39(25)23-30(45)29-21-26(24-44(29)32(46)31(36(2,3)4)41-35(48)52-37(5,6)7)51-34-40-27-15-11-12-16-28(27)43(34)20-14-10-9-13-17-38(18-19-38)53(49,50)42-33(39)47/h11-12,15-16,25-26,29,31H,8-10,13-14,17-24H2,1-7H3,(H,41,48)(H,42,47)/t25-,26?,29+,31-,39-/m1/s1. The van der Waals surface area contributed by atoms with Crippen molar-refractivity contribution in [2.45, 2.75) is 154 Å². The molecule has 2 saturated carbocycles. The molecule has 1 saturated heterocycles. The Balaban J connectivity index is 1.36. The number of aromatic nitrogens is 2. The molecule has 2 bridgehead atoms. The lowest BCUT2D eigenvalue weighted by molar-refractivity contribution is -0.142. The van der Waals surface area contributed by atoms with Crippen molar-refractivity contribution in [3.63, 3.8) is 0 Å². The summed E-state index contributed by atoms with van der Waals surface area (Å²) in [5, 5.41) is 2.76. The first-order valence-corrected chi connectivity index (χ1v) is 20.8. The summed E-state index contributed by atoms with van der Waals surface area (Å²) < 4.78 is 43.1. The maximum absolute atomic E-state index is 14.6. The van der Waals surface area contributed by atoms with Crippen molar-refractivity contribution >= 4 is 44.7 Å². The number of hydrogen-bond acceptors (Lipinski definition) is 9. The third kappa shape index (κ3) is 8.07. The number of para-hydroxylation sites is 2. The molecule has 4 aliphatic rings. The molecular formula is C39H57N5O8S.